The van der Waals surface area contributed by atoms with Crippen molar-refractivity contribution in [1.82, 2.24) is 4.90 Å². The van der Waals surface area contributed by atoms with Crippen molar-refractivity contribution in [2.75, 3.05) is 4.90 Å². The van der Waals surface area contributed by atoms with E-state index in [9.17, 15) is 4.79 Å². The Hall–Kier alpha value is -2.20. The van der Waals surface area contributed by atoms with E-state index in [4.69, 9.17) is 0 Å². The van der Waals surface area contributed by atoms with Crippen LogP contribution in [0.1, 0.15) is 11.1 Å². The molecule has 0 fully saturated rings. The number of hydrogen-bond acceptors (Lipinski definition) is 3. The van der Waals surface area contributed by atoms with Gasteiger partial charge in [-0.15, -0.1) is 0 Å². The van der Waals surface area contributed by atoms with Crippen LogP contribution in [0.4, 0.5) is 5.69 Å². The Bertz CT molecular complexity index is 739. The molecule has 0 N–H and O–H groups in total. The van der Waals surface area contributed by atoms with Crippen LogP contribution >= 0.6 is 11.8 Å². The number of carbonyl (C=O) groups is 1. The fourth-order valence-electron chi connectivity index (χ4n) is 2.76. The summed E-state index contributed by atoms with van der Waals surface area (Å²) in [6.45, 7) is 2.06. The first-order valence-electron chi connectivity index (χ1n) is 6.84. The number of rotatable bonds is 2. The maximum absolute atomic E-state index is 11.6. The summed E-state index contributed by atoms with van der Waals surface area (Å²) >= 11 is 1.71. The summed E-state index contributed by atoms with van der Waals surface area (Å²) < 4.78 is 0. The number of nitrogens with zero attached hydrogens (tertiary/aromatic N) is 2. The van der Waals surface area contributed by atoms with Gasteiger partial charge in [-0.1, -0.05) is 53.7 Å². The lowest BCUT2D eigenvalue weighted by Gasteiger charge is -2.23. The summed E-state index contributed by atoms with van der Waals surface area (Å²) in [4.78, 5) is 16.8. The Morgan fingerprint density at radius 2 is 1.86 bits per heavy atom. The van der Waals surface area contributed by atoms with Crippen LogP contribution in [0.3, 0.4) is 0 Å². The van der Waals surface area contributed by atoms with Crippen molar-refractivity contribution in [2.24, 2.45) is 0 Å². The van der Waals surface area contributed by atoms with Gasteiger partial charge in [0.25, 0.3) is 0 Å². The Morgan fingerprint density at radius 1 is 1.10 bits per heavy atom. The second-order valence-electron chi connectivity index (χ2n) is 5.21. The van der Waals surface area contributed by atoms with E-state index < -0.39 is 0 Å². The van der Waals surface area contributed by atoms with Crippen molar-refractivity contribution in [2.45, 2.75) is 17.3 Å². The van der Waals surface area contributed by atoms with Gasteiger partial charge in [-0.3, -0.25) is 9.69 Å². The van der Waals surface area contributed by atoms with Gasteiger partial charge in [0.1, 0.15) is 0 Å². The molecule has 2 aliphatic heterocycles. The lowest BCUT2D eigenvalue weighted by Crippen LogP contribution is -2.32. The minimum atomic E-state index is -0.00352. The van der Waals surface area contributed by atoms with Crippen molar-refractivity contribution in [3.63, 3.8) is 0 Å². The van der Waals surface area contributed by atoms with E-state index in [1.54, 1.807) is 16.7 Å². The normalized spacial score (nSPS) is 19.3. The number of carbonyl (C=O) groups excluding carboxylic acids is 1. The number of benzene rings is 2. The monoisotopic (exact) mass is 294 g/mol. The van der Waals surface area contributed by atoms with Gasteiger partial charge in [0.15, 0.2) is 5.50 Å². The highest BCUT2D eigenvalue weighted by Gasteiger charge is 2.39. The van der Waals surface area contributed by atoms with Crippen LogP contribution in [0.2, 0.25) is 0 Å². The molecule has 2 aliphatic rings. The van der Waals surface area contributed by atoms with Gasteiger partial charge in [0.05, 0.1) is 11.4 Å². The molecule has 1 atom stereocenters. The molecule has 4 rings (SSSR count). The number of fused-ring (bicyclic) bond motifs is 3. The van der Waals surface area contributed by atoms with E-state index >= 15 is 0 Å². The molecular weight excluding hydrogens is 280 g/mol. The first kappa shape index (κ1) is 12.5. The maximum Gasteiger partial charge on any atom is 0.216 e. The summed E-state index contributed by atoms with van der Waals surface area (Å²) in [5.74, 6) is 0. The zero-order valence-electron chi connectivity index (χ0n) is 11.6. The Kier molecular flexibility index (Phi) is 2.79. The van der Waals surface area contributed by atoms with Crippen molar-refractivity contribution < 1.29 is 4.79 Å². The molecule has 0 saturated heterocycles. The average molecular weight is 294 g/mol. The summed E-state index contributed by atoms with van der Waals surface area (Å²) in [6.07, 6.45) is 3.00. The third kappa shape index (κ3) is 1.87. The zero-order valence-corrected chi connectivity index (χ0v) is 12.4. The molecule has 0 aliphatic carbocycles. The van der Waals surface area contributed by atoms with Gasteiger partial charge in [-0.25, -0.2) is 0 Å². The van der Waals surface area contributed by atoms with Crippen molar-refractivity contribution in [1.29, 1.82) is 0 Å². The molecule has 1 amide bonds. The molecule has 2 aromatic rings. The number of thioether (sulfide) groups is 1. The summed E-state index contributed by atoms with van der Waals surface area (Å²) in [5, 5.41) is 0. The molecule has 0 spiro atoms. The molecule has 0 bridgehead atoms. The van der Waals surface area contributed by atoms with E-state index in [-0.39, 0.29) is 5.50 Å². The Morgan fingerprint density at radius 3 is 2.62 bits per heavy atom. The lowest BCUT2D eigenvalue weighted by molar-refractivity contribution is -0.115. The molecule has 1 unspecified atom stereocenters. The minimum Gasteiger partial charge on any atom is -0.314 e. The number of amides is 1. The van der Waals surface area contributed by atoms with E-state index in [0.717, 1.165) is 17.7 Å². The van der Waals surface area contributed by atoms with Crippen LogP contribution in [-0.2, 0) is 4.79 Å². The third-order valence-corrected chi connectivity index (χ3v) is 5.12. The smallest absolute Gasteiger partial charge is 0.216 e. The second-order valence-corrected chi connectivity index (χ2v) is 6.31. The standard InChI is InChI=1S/C17H14N2OS/c1-12-6-8-13(9-7-12)15-10-18-14-4-2-3-5-16(14)21-17(18)19(15)11-20/h2-11,17H,1H3. The Labute approximate surface area is 127 Å². The maximum atomic E-state index is 11.6. The van der Waals surface area contributed by atoms with Crippen molar-refractivity contribution in [3.05, 3.63) is 65.9 Å². The quantitative estimate of drug-likeness (QED) is 0.790. The van der Waals surface area contributed by atoms with Gasteiger partial charge in [0, 0.05) is 11.1 Å². The van der Waals surface area contributed by atoms with Gasteiger partial charge in [-0.05, 0) is 24.6 Å². The van der Waals surface area contributed by atoms with Gasteiger partial charge in [-0.2, -0.15) is 0 Å². The molecule has 3 nitrogen and oxygen atoms in total. The summed E-state index contributed by atoms with van der Waals surface area (Å²) in [6, 6.07) is 16.5. The summed E-state index contributed by atoms with van der Waals surface area (Å²) in [5.41, 5.74) is 4.41. The van der Waals surface area contributed by atoms with Crippen LogP contribution < -0.4 is 4.90 Å². The fourth-order valence-corrected chi connectivity index (χ4v) is 4.00. The van der Waals surface area contributed by atoms with Gasteiger partial charge >= 0.3 is 0 Å². The number of para-hydroxylation sites is 1. The second kappa shape index (κ2) is 4.67. The highest BCUT2D eigenvalue weighted by Crippen LogP contribution is 2.49. The molecule has 21 heavy (non-hydrogen) atoms. The predicted octanol–water partition coefficient (Wildman–Crippen LogP) is 3.66. The fraction of sp³-hybridized carbons (Fsp3) is 0.118. The van der Waals surface area contributed by atoms with E-state index in [2.05, 4.69) is 54.4 Å². The average Bonchev–Trinajstić information content (AvgIpc) is 3.03. The van der Waals surface area contributed by atoms with Crippen LogP contribution in [0.5, 0.6) is 0 Å². The van der Waals surface area contributed by atoms with Crippen molar-refractivity contribution in [3.8, 4) is 0 Å². The molecule has 2 aromatic carbocycles. The first-order chi connectivity index (χ1) is 10.3. The highest BCUT2D eigenvalue weighted by atomic mass is 32.2. The number of anilines is 1. The summed E-state index contributed by atoms with van der Waals surface area (Å²) in [7, 11) is 0. The van der Waals surface area contributed by atoms with Gasteiger partial charge in [0.2, 0.25) is 6.41 Å². The molecule has 0 aromatic heterocycles. The van der Waals surface area contributed by atoms with E-state index in [0.29, 0.717) is 0 Å². The molecule has 4 heteroatoms. The molecule has 104 valence electrons. The lowest BCUT2D eigenvalue weighted by atomic mass is 10.1. The predicted molar refractivity (Wildman–Crippen MR) is 85.6 cm³/mol. The molecular formula is C17H14N2OS. The zero-order chi connectivity index (χ0) is 14.4. The van der Waals surface area contributed by atoms with Crippen LogP contribution in [-0.4, -0.2) is 16.8 Å². The number of hydrogen-bond donors (Lipinski definition) is 0. The van der Waals surface area contributed by atoms with E-state index in [1.807, 2.05) is 12.1 Å². The van der Waals surface area contributed by atoms with Gasteiger partial charge < -0.3 is 4.90 Å². The molecule has 0 radical (unpaired) electrons. The third-order valence-electron chi connectivity index (χ3n) is 3.85. The number of aryl methyl sites for hydroxylation is 1. The topological polar surface area (TPSA) is 23.6 Å². The van der Waals surface area contributed by atoms with Crippen LogP contribution in [0, 0.1) is 6.92 Å². The largest absolute Gasteiger partial charge is 0.314 e. The molecule has 0 saturated carbocycles. The highest BCUT2D eigenvalue weighted by molar-refractivity contribution is 8.00. The first-order valence-corrected chi connectivity index (χ1v) is 7.72. The Balaban J connectivity index is 1.79. The van der Waals surface area contributed by atoms with Crippen LogP contribution in [0.25, 0.3) is 5.70 Å². The SMILES string of the molecule is Cc1ccc(C2=CN3c4ccccc4SC3N2C=O)cc1. The van der Waals surface area contributed by atoms with E-state index in [1.165, 1.54) is 16.1 Å². The van der Waals surface area contributed by atoms with Crippen LogP contribution in [0.15, 0.2) is 59.6 Å². The molecule has 2 heterocycles. The van der Waals surface area contributed by atoms with Crippen molar-refractivity contribution >= 4 is 29.6 Å². The minimum absolute atomic E-state index is 0.00352.